The summed E-state index contributed by atoms with van der Waals surface area (Å²) in [7, 11) is 0. The molecule has 0 saturated carbocycles. The Kier molecular flexibility index (Phi) is 9.78. The van der Waals surface area contributed by atoms with Gasteiger partial charge < -0.3 is 10.6 Å². The van der Waals surface area contributed by atoms with Crippen molar-refractivity contribution < 1.29 is 0 Å². The Morgan fingerprint density at radius 2 is 1.63 bits per heavy atom. The van der Waals surface area contributed by atoms with Crippen LogP contribution in [0, 0.1) is 0 Å². The van der Waals surface area contributed by atoms with E-state index in [1.807, 2.05) is 18.2 Å². The highest BCUT2D eigenvalue weighted by atomic mass is 35.5. The number of rotatable bonds is 11. The third kappa shape index (κ3) is 8.25. The molecule has 0 aliphatic heterocycles. The molecule has 3 heteroatoms. The predicted octanol–water partition coefficient (Wildman–Crippen LogP) is 3.99. The van der Waals surface area contributed by atoms with Gasteiger partial charge in [0.2, 0.25) is 0 Å². The lowest BCUT2D eigenvalue weighted by Gasteiger charge is -2.08. The Bertz CT molecular complexity index is 328. The second kappa shape index (κ2) is 11.3. The van der Waals surface area contributed by atoms with Crippen molar-refractivity contribution in [2.24, 2.45) is 0 Å². The van der Waals surface area contributed by atoms with Crippen molar-refractivity contribution in [2.75, 3.05) is 19.6 Å². The Morgan fingerprint density at radius 3 is 2.42 bits per heavy atom. The van der Waals surface area contributed by atoms with Gasteiger partial charge >= 0.3 is 0 Å². The molecule has 19 heavy (non-hydrogen) atoms. The Labute approximate surface area is 122 Å². The summed E-state index contributed by atoms with van der Waals surface area (Å²) < 4.78 is 0. The fourth-order valence-electron chi connectivity index (χ4n) is 2.02. The molecule has 0 saturated heterocycles. The first-order valence-corrected chi connectivity index (χ1v) is 7.87. The van der Waals surface area contributed by atoms with Gasteiger partial charge in [0.25, 0.3) is 0 Å². The molecular formula is C16H27ClN2. The van der Waals surface area contributed by atoms with Crippen molar-refractivity contribution >= 4 is 11.6 Å². The fourth-order valence-corrected chi connectivity index (χ4v) is 2.22. The van der Waals surface area contributed by atoms with Gasteiger partial charge in [0, 0.05) is 24.7 Å². The van der Waals surface area contributed by atoms with Crippen molar-refractivity contribution in [3.05, 3.63) is 34.9 Å². The van der Waals surface area contributed by atoms with Gasteiger partial charge in [-0.25, -0.2) is 0 Å². The summed E-state index contributed by atoms with van der Waals surface area (Å²) in [6.07, 6.45) is 6.72. The summed E-state index contributed by atoms with van der Waals surface area (Å²) in [6, 6.07) is 7.99. The molecule has 0 bridgehead atoms. The van der Waals surface area contributed by atoms with Crippen LogP contribution in [0.15, 0.2) is 24.3 Å². The molecule has 1 aromatic carbocycles. The summed E-state index contributed by atoms with van der Waals surface area (Å²) in [5, 5.41) is 7.72. The Hall–Kier alpha value is -0.570. The molecule has 1 aromatic rings. The zero-order chi connectivity index (χ0) is 13.8. The predicted molar refractivity (Wildman–Crippen MR) is 84.8 cm³/mol. The van der Waals surface area contributed by atoms with E-state index < -0.39 is 0 Å². The number of nitrogens with one attached hydrogen (secondary N) is 2. The van der Waals surface area contributed by atoms with E-state index in [1.54, 1.807) is 0 Å². The summed E-state index contributed by atoms with van der Waals surface area (Å²) in [6.45, 7) is 6.25. The lowest BCUT2D eigenvalue weighted by atomic mass is 10.1. The largest absolute Gasteiger partial charge is 0.315 e. The highest BCUT2D eigenvalue weighted by Crippen LogP contribution is 2.13. The van der Waals surface area contributed by atoms with Crippen molar-refractivity contribution in [1.82, 2.24) is 10.6 Å². The third-order valence-corrected chi connectivity index (χ3v) is 3.58. The Morgan fingerprint density at radius 1 is 0.895 bits per heavy atom. The molecule has 108 valence electrons. The molecule has 0 aliphatic rings. The van der Waals surface area contributed by atoms with E-state index in [2.05, 4.69) is 23.6 Å². The van der Waals surface area contributed by atoms with Crippen LogP contribution in [0.1, 0.15) is 44.6 Å². The van der Waals surface area contributed by atoms with Gasteiger partial charge in [-0.2, -0.15) is 0 Å². The molecule has 0 spiro atoms. The summed E-state index contributed by atoms with van der Waals surface area (Å²) in [5.74, 6) is 0. The zero-order valence-electron chi connectivity index (χ0n) is 12.1. The molecule has 2 nitrogen and oxygen atoms in total. The van der Waals surface area contributed by atoms with Crippen molar-refractivity contribution in [3.63, 3.8) is 0 Å². The van der Waals surface area contributed by atoms with Crippen LogP contribution in [-0.4, -0.2) is 19.6 Å². The molecular weight excluding hydrogens is 256 g/mol. The first-order chi connectivity index (χ1) is 9.34. The lowest BCUT2D eigenvalue weighted by Crippen LogP contribution is -2.27. The minimum Gasteiger partial charge on any atom is -0.315 e. The maximum absolute atomic E-state index is 6.09. The lowest BCUT2D eigenvalue weighted by molar-refractivity contribution is 0.564. The van der Waals surface area contributed by atoms with Crippen LogP contribution in [-0.2, 0) is 6.54 Å². The first-order valence-electron chi connectivity index (χ1n) is 7.49. The van der Waals surface area contributed by atoms with E-state index in [-0.39, 0.29) is 0 Å². The SMILES string of the molecule is CCCCCCCNCCNCc1ccccc1Cl. The Balaban J connectivity index is 1.90. The standard InChI is InChI=1S/C16H27ClN2/c1-2-3-4-5-8-11-18-12-13-19-14-15-9-6-7-10-16(15)17/h6-7,9-10,18-19H,2-5,8,11-14H2,1H3. The molecule has 0 atom stereocenters. The minimum atomic E-state index is 0.845. The van der Waals surface area contributed by atoms with Gasteiger partial charge in [-0.15, -0.1) is 0 Å². The van der Waals surface area contributed by atoms with Crippen LogP contribution in [0.25, 0.3) is 0 Å². The van der Waals surface area contributed by atoms with Crippen LogP contribution in [0.4, 0.5) is 0 Å². The first kappa shape index (κ1) is 16.5. The van der Waals surface area contributed by atoms with Crippen LogP contribution in [0.2, 0.25) is 5.02 Å². The maximum atomic E-state index is 6.09. The van der Waals surface area contributed by atoms with Gasteiger partial charge in [-0.3, -0.25) is 0 Å². The molecule has 0 amide bonds. The van der Waals surface area contributed by atoms with Gasteiger partial charge in [0.15, 0.2) is 0 Å². The zero-order valence-corrected chi connectivity index (χ0v) is 12.8. The van der Waals surface area contributed by atoms with Crippen molar-refractivity contribution in [2.45, 2.75) is 45.6 Å². The van der Waals surface area contributed by atoms with Crippen molar-refractivity contribution in [3.8, 4) is 0 Å². The van der Waals surface area contributed by atoms with Crippen molar-refractivity contribution in [1.29, 1.82) is 0 Å². The molecule has 0 heterocycles. The van der Waals surface area contributed by atoms with Crippen LogP contribution >= 0.6 is 11.6 Å². The molecule has 1 rings (SSSR count). The van der Waals surface area contributed by atoms with Gasteiger partial charge in [0.05, 0.1) is 0 Å². The molecule has 0 unspecified atom stereocenters. The van der Waals surface area contributed by atoms with E-state index in [0.717, 1.165) is 31.2 Å². The normalized spacial score (nSPS) is 10.8. The fraction of sp³-hybridized carbons (Fsp3) is 0.625. The molecule has 0 fully saturated rings. The molecule has 2 N–H and O–H groups in total. The van der Waals surface area contributed by atoms with Gasteiger partial charge in [-0.05, 0) is 24.6 Å². The van der Waals surface area contributed by atoms with Gasteiger partial charge in [0.1, 0.15) is 0 Å². The molecule has 0 aromatic heterocycles. The molecule has 0 aliphatic carbocycles. The van der Waals surface area contributed by atoms with E-state index in [9.17, 15) is 0 Å². The van der Waals surface area contributed by atoms with E-state index >= 15 is 0 Å². The third-order valence-electron chi connectivity index (χ3n) is 3.21. The highest BCUT2D eigenvalue weighted by molar-refractivity contribution is 6.31. The average molecular weight is 283 g/mol. The van der Waals surface area contributed by atoms with E-state index in [4.69, 9.17) is 11.6 Å². The molecule has 0 radical (unpaired) electrons. The van der Waals surface area contributed by atoms with Gasteiger partial charge in [-0.1, -0.05) is 62.4 Å². The number of halogens is 1. The summed E-state index contributed by atoms with van der Waals surface area (Å²) in [5.41, 5.74) is 1.17. The second-order valence-corrected chi connectivity index (χ2v) is 5.34. The summed E-state index contributed by atoms with van der Waals surface area (Å²) in [4.78, 5) is 0. The number of hydrogen-bond acceptors (Lipinski definition) is 2. The number of benzene rings is 1. The number of hydrogen-bond donors (Lipinski definition) is 2. The number of unbranched alkanes of at least 4 members (excludes halogenated alkanes) is 4. The topological polar surface area (TPSA) is 24.1 Å². The highest BCUT2D eigenvalue weighted by Gasteiger charge is 1.97. The quantitative estimate of drug-likeness (QED) is 0.600. The van der Waals surface area contributed by atoms with Crippen LogP contribution in [0.3, 0.4) is 0 Å². The second-order valence-electron chi connectivity index (χ2n) is 4.93. The average Bonchev–Trinajstić information content (AvgIpc) is 2.43. The minimum absolute atomic E-state index is 0.845. The van der Waals surface area contributed by atoms with Crippen LogP contribution < -0.4 is 10.6 Å². The van der Waals surface area contributed by atoms with Crippen LogP contribution in [0.5, 0.6) is 0 Å². The smallest absolute Gasteiger partial charge is 0.0450 e. The van der Waals surface area contributed by atoms with E-state index in [1.165, 1.54) is 37.7 Å². The summed E-state index contributed by atoms with van der Waals surface area (Å²) >= 11 is 6.09. The monoisotopic (exact) mass is 282 g/mol. The maximum Gasteiger partial charge on any atom is 0.0450 e. The van der Waals surface area contributed by atoms with E-state index in [0.29, 0.717) is 0 Å².